The minimum Gasteiger partial charge on any atom is -0.349 e. The maximum atomic E-state index is 13.0. The molecule has 0 aliphatic heterocycles. The quantitative estimate of drug-likeness (QED) is 0.714. The molecular formula is C9H4F2NO. The number of carbonyl (C=O) groups excluding carboxylic acids is 1. The third-order valence-electron chi connectivity index (χ3n) is 1.75. The van der Waals surface area contributed by atoms with E-state index in [1.165, 1.54) is 6.07 Å². The number of rotatable bonds is 1. The molecule has 1 N–H and O–H groups in total. The van der Waals surface area contributed by atoms with Crippen LogP contribution in [0.5, 0.6) is 0 Å². The number of hydrogen-bond acceptors (Lipinski definition) is 1. The van der Waals surface area contributed by atoms with Crippen molar-refractivity contribution in [3.8, 4) is 0 Å². The van der Waals surface area contributed by atoms with Crippen LogP contribution in [-0.4, -0.2) is 11.3 Å². The van der Waals surface area contributed by atoms with Crippen LogP contribution in [0.3, 0.4) is 0 Å². The number of hydrogen-bond donors (Lipinski definition) is 1. The Morgan fingerprint density at radius 1 is 1.23 bits per heavy atom. The number of nitrogens with one attached hydrogen (secondary N) is 1. The Balaban J connectivity index is 2.82. The molecule has 1 aromatic heterocycles. The predicted molar refractivity (Wildman–Crippen MR) is 43.0 cm³/mol. The van der Waals surface area contributed by atoms with Crippen molar-refractivity contribution >= 4 is 17.2 Å². The third-order valence-corrected chi connectivity index (χ3v) is 1.75. The molecule has 4 heteroatoms. The predicted octanol–water partition coefficient (Wildman–Crippen LogP) is 1.90. The van der Waals surface area contributed by atoms with E-state index < -0.39 is 11.6 Å². The molecule has 65 valence electrons. The van der Waals surface area contributed by atoms with E-state index in [2.05, 4.69) is 4.98 Å². The molecule has 0 aliphatic rings. The first-order chi connectivity index (χ1) is 6.20. The lowest BCUT2D eigenvalue weighted by molar-refractivity contribution is 0.561. The second-order valence-corrected chi connectivity index (χ2v) is 2.64. The van der Waals surface area contributed by atoms with E-state index >= 15 is 0 Å². The van der Waals surface area contributed by atoms with Crippen LogP contribution in [0.2, 0.25) is 0 Å². The summed E-state index contributed by atoms with van der Waals surface area (Å²) in [7, 11) is 0. The van der Waals surface area contributed by atoms with Gasteiger partial charge in [0.1, 0.15) is 11.6 Å². The maximum Gasteiger partial charge on any atom is 0.251 e. The number of benzene rings is 1. The molecule has 1 radical (unpaired) electrons. The van der Waals surface area contributed by atoms with Gasteiger partial charge < -0.3 is 4.98 Å². The monoisotopic (exact) mass is 180 g/mol. The average Bonchev–Trinajstić information content (AvgIpc) is 2.47. The third kappa shape index (κ3) is 1.20. The summed E-state index contributed by atoms with van der Waals surface area (Å²) >= 11 is 0. The van der Waals surface area contributed by atoms with Gasteiger partial charge in [-0.1, -0.05) is 0 Å². The zero-order chi connectivity index (χ0) is 9.42. The van der Waals surface area contributed by atoms with Gasteiger partial charge in [-0.25, -0.2) is 8.78 Å². The lowest BCUT2D eigenvalue weighted by atomic mass is 10.2. The summed E-state index contributed by atoms with van der Waals surface area (Å²) in [5.74, 6) is -1.38. The zero-order valence-electron chi connectivity index (χ0n) is 6.40. The fraction of sp³-hybridized carbons (Fsp3) is 0. The Hall–Kier alpha value is -1.71. The highest BCUT2D eigenvalue weighted by Gasteiger charge is 2.07. The van der Waals surface area contributed by atoms with Crippen LogP contribution < -0.4 is 0 Å². The summed E-state index contributed by atoms with van der Waals surface area (Å²) in [4.78, 5) is 12.7. The van der Waals surface area contributed by atoms with Gasteiger partial charge in [-0.3, -0.25) is 4.79 Å². The van der Waals surface area contributed by atoms with E-state index in [1.807, 2.05) is 0 Å². The van der Waals surface area contributed by atoms with E-state index in [1.54, 1.807) is 6.29 Å². The molecule has 0 unspecified atom stereocenters. The molecule has 2 rings (SSSR count). The molecule has 1 aromatic carbocycles. The van der Waals surface area contributed by atoms with Gasteiger partial charge >= 0.3 is 0 Å². The van der Waals surface area contributed by atoms with Crippen LogP contribution in [0.4, 0.5) is 8.78 Å². The fourth-order valence-corrected chi connectivity index (χ4v) is 1.22. The zero-order valence-corrected chi connectivity index (χ0v) is 6.40. The lowest BCUT2D eigenvalue weighted by Gasteiger charge is -1.91. The highest BCUT2D eigenvalue weighted by atomic mass is 19.1. The van der Waals surface area contributed by atoms with Crippen LogP contribution in [0.15, 0.2) is 18.2 Å². The van der Waals surface area contributed by atoms with Gasteiger partial charge in [0.05, 0.1) is 11.2 Å². The van der Waals surface area contributed by atoms with Gasteiger partial charge in [-0.05, 0) is 12.1 Å². The molecule has 0 bridgehead atoms. The van der Waals surface area contributed by atoms with Gasteiger partial charge in [-0.15, -0.1) is 0 Å². The Morgan fingerprint density at radius 3 is 2.69 bits per heavy atom. The Kier molecular flexibility index (Phi) is 1.62. The molecule has 0 fully saturated rings. The van der Waals surface area contributed by atoms with Gasteiger partial charge in [0.2, 0.25) is 0 Å². The van der Waals surface area contributed by atoms with Crippen LogP contribution in [0.25, 0.3) is 10.9 Å². The number of fused-ring (bicyclic) bond motifs is 1. The first-order valence-corrected chi connectivity index (χ1v) is 3.56. The van der Waals surface area contributed by atoms with Crippen LogP contribution in [-0.2, 0) is 4.79 Å². The number of aromatic amines is 1. The summed E-state index contributed by atoms with van der Waals surface area (Å²) in [6.45, 7) is 0. The average molecular weight is 180 g/mol. The van der Waals surface area contributed by atoms with Crippen LogP contribution in [0.1, 0.15) is 5.69 Å². The molecule has 0 amide bonds. The minimum atomic E-state index is -0.712. The van der Waals surface area contributed by atoms with Crippen molar-refractivity contribution in [3.63, 3.8) is 0 Å². The molecule has 0 spiro atoms. The second kappa shape index (κ2) is 2.65. The van der Waals surface area contributed by atoms with Crippen molar-refractivity contribution in [1.82, 2.24) is 4.98 Å². The highest BCUT2D eigenvalue weighted by molar-refractivity contribution is 5.88. The van der Waals surface area contributed by atoms with Gasteiger partial charge in [-0.2, -0.15) is 0 Å². The van der Waals surface area contributed by atoms with Crippen LogP contribution in [0, 0.1) is 11.6 Å². The van der Waals surface area contributed by atoms with Crippen molar-refractivity contribution < 1.29 is 13.6 Å². The molecule has 0 aliphatic carbocycles. The molecular weight excluding hydrogens is 176 g/mol. The smallest absolute Gasteiger partial charge is 0.251 e. The number of halogens is 2. The summed E-state index contributed by atoms with van der Waals surface area (Å²) in [5.41, 5.74) is 0.235. The van der Waals surface area contributed by atoms with E-state index in [-0.39, 0.29) is 11.2 Å². The van der Waals surface area contributed by atoms with Crippen molar-refractivity contribution in [2.24, 2.45) is 0 Å². The second-order valence-electron chi connectivity index (χ2n) is 2.64. The molecule has 0 atom stereocenters. The minimum absolute atomic E-state index is 0.111. The molecule has 0 saturated heterocycles. The Bertz CT molecular complexity index is 476. The van der Waals surface area contributed by atoms with Crippen molar-refractivity contribution in [2.45, 2.75) is 0 Å². The number of H-pyrrole nitrogens is 1. The number of aromatic nitrogens is 1. The van der Waals surface area contributed by atoms with Gasteiger partial charge in [0, 0.05) is 11.5 Å². The largest absolute Gasteiger partial charge is 0.349 e. The first kappa shape index (κ1) is 7.91. The van der Waals surface area contributed by atoms with E-state index in [4.69, 9.17) is 0 Å². The van der Waals surface area contributed by atoms with E-state index in [0.717, 1.165) is 12.1 Å². The summed E-state index contributed by atoms with van der Waals surface area (Å²) in [6.07, 6.45) is 1.57. The van der Waals surface area contributed by atoms with Gasteiger partial charge in [0.15, 0.2) is 0 Å². The van der Waals surface area contributed by atoms with E-state index in [0.29, 0.717) is 5.39 Å². The summed E-state index contributed by atoms with van der Waals surface area (Å²) in [6, 6.07) is 3.25. The fourth-order valence-electron chi connectivity index (χ4n) is 1.22. The molecule has 13 heavy (non-hydrogen) atoms. The lowest BCUT2D eigenvalue weighted by Crippen LogP contribution is -1.81. The van der Waals surface area contributed by atoms with Crippen molar-refractivity contribution in [2.75, 3.05) is 0 Å². The summed E-state index contributed by atoms with van der Waals surface area (Å²) in [5, 5.41) is 0.329. The van der Waals surface area contributed by atoms with Crippen molar-refractivity contribution in [3.05, 3.63) is 35.5 Å². The topological polar surface area (TPSA) is 32.9 Å². The SMILES string of the molecule is O=[C]c1cc2cc(F)cc(F)c2[nH]1. The molecule has 0 saturated carbocycles. The Morgan fingerprint density at radius 2 is 2.00 bits per heavy atom. The molecule has 1 heterocycles. The van der Waals surface area contributed by atoms with Gasteiger partial charge in [0.25, 0.3) is 6.29 Å². The standard InChI is InChI=1S/C9H4F2NO/c10-6-1-5-2-7(4-13)12-9(5)8(11)3-6/h1-3,12H. The highest BCUT2D eigenvalue weighted by Crippen LogP contribution is 2.19. The molecule has 2 aromatic rings. The van der Waals surface area contributed by atoms with E-state index in [9.17, 15) is 13.6 Å². The van der Waals surface area contributed by atoms with Crippen LogP contribution >= 0.6 is 0 Å². The summed E-state index contributed by atoms with van der Waals surface area (Å²) < 4.78 is 25.7. The first-order valence-electron chi connectivity index (χ1n) is 3.56. The Labute approximate surface area is 72.2 Å². The molecule has 2 nitrogen and oxygen atoms in total. The van der Waals surface area contributed by atoms with Crippen molar-refractivity contribution in [1.29, 1.82) is 0 Å². The normalized spacial score (nSPS) is 10.6. The maximum absolute atomic E-state index is 13.0.